The number of rotatable bonds is 2. The molecule has 0 aromatic heterocycles. The third-order valence-corrected chi connectivity index (χ3v) is 5.05. The van der Waals surface area contributed by atoms with Crippen LogP contribution in [0.1, 0.15) is 5.56 Å². The molecule has 1 unspecified atom stereocenters. The molecule has 0 fully saturated rings. The molecule has 0 amide bonds. The van der Waals surface area contributed by atoms with Crippen molar-refractivity contribution in [2.24, 2.45) is 0 Å². The Morgan fingerprint density at radius 1 is 1.12 bits per heavy atom. The molecule has 1 aliphatic heterocycles. The topological polar surface area (TPSA) is 43.4 Å². The van der Waals surface area contributed by atoms with Crippen LogP contribution < -0.4 is 4.74 Å². The highest BCUT2D eigenvalue weighted by Gasteiger charge is 2.42. The maximum Gasteiger partial charge on any atom is 0.429 e. The van der Waals surface area contributed by atoms with E-state index in [1.54, 1.807) is 6.07 Å². The fourth-order valence-corrected chi connectivity index (χ4v) is 3.75. The monoisotopic (exact) mass is 388 g/mol. The fraction of sp³-hybridized carbons (Fsp3) is 0.176. The lowest BCUT2D eigenvalue weighted by Gasteiger charge is -2.26. The summed E-state index contributed by atoms with van der Waals surface area (Å²) in [5, 5.41) is 0.260. The molecule has 0 radical (unpaired) electrons. The van der Waals surface area contributed by atoms with Gasteiger partial charge in [-0.05, 0) is 24.3 Å². The van der Waals surface area contributed by atoms with Gasteiger partial charge in [0.25, 0.3) is 0 Å². The van der Waals surface area contributed by atoms with Crippen LogP contribution in [-0.2, 0) is 9.84 Å². The summed E-state index contributed by atoms with van der Waals surface area (Å²) < 4.78 is 68.3. The lowest BCUT2D eigenvalue weighted by molar-refractivity contribution is -0.180. The molecule has 132 valence electrons. The molecule has 0 spiro atoms. The van der Waals surface area contributed by atoms with Gasteiger partial charge in [-0.2, -0.15) is 13.2 Å². The number of benzene rings is 2. The van der Waals surface area contributed by atoms with Gasteiger partial charge >= 0.3 is 6.18 Å². The summed E-state index contributed by atoms with van der Waals surface area (Å²) in [6.07, 6.45) is -3.49. The van der Waals surface area contributed by atoms with E-state index >= 15 is 0 Å². The number of halogens is 4. The van der Waals surface area contributed by atoms with Crippen molar-refractivity contribution in [3.05, 3.63) is 53.1 Å². The minimum absolute atomic E-state index is 0.0128. The van der Waals surface area contributed by atoms with E-state index in [0.717, 1.165) is 12.3 Å². The second-order valence-electron chi connectivity index (χ2n) is 5.58. The lowest BCUT2D eigenvalue weighted by Crippen LogP contribution is -2.34. The Hall–Kier alpha value is -1.99. The van der Waals surface area contributed by atoms with E-state index in [9.17, 15) is 21.6 Å². The van der Waals surface area contributed by atoms with Crippen molar-refractivity contribution in [3.8, 4) is 16.9 Å². The molecule has 2 aromatic rings. The standard InChI is InChI=1S/C17H12ClF3O3S/c1-25(22,23)14-5-3-2-4-12(14)13-9-11(18)8-10-6-7-15(17(19,20)21)24-16(10)13/h2-9,15H,1H3. The van der Waals surface area contributed by atoms with Crippen molar-refractivity contribution in [2.45, 2.75) is 17.2 Å². The SMILES string of the molecule is CS(=O)(=O)c1ccccc1-c1cc(Cl)cc2c1OC(C(F)(F)F)C=C2. The summed E-state index contributed by atoms with van der Waals surface area (Å²) in [4.78, 5) is -0.0128. The summed E-state index contributed by atoms with van der Waals surface area (Å²) >= 11 is 6.06. The molecule has 0 saturated heterocycles. The molecule has 1 aliphatic rings. The first-order chi connectivity index (χ1) is 11.6. The Bertz CT molecular complexity index is 966. The molecule has 25 heavy (non-hydrogen) atoms. The first kappa shape index (κ1) is 17.8. The van der Waals surface area contributed by atoms with Crippen LogP contribution in [0.2, 0.25) is 5.02 Å². The summed E-state index contributed by atoms with van der Waals surface area (Å²) in [5.41, 5.74) is 0.786. The summed E-state index contributed by atoms with van der Waals surface area (Å²) in [6, 6.07) is 8.89. The molecule has 0 saturated carbocycles. The predicted molar refractivity (Wildman–Crippen MR) is 89.5 cm³/mol. The van der Waals surface area contributed by atoms with Crippen molar-refractivity contribution in [1.29, 1.82) is 0 Å². The molecule has 3 nitrogen and oxygen atoms in total. The minimum atomic E-state index is -4.58. The van der Waals surface area contributed by atoms with E-state index < -0.39 is 22.1 Å². The zero-order valence-electron chi connectivity index (χ0n) is 12.8. The van der Waals surface area contributed by atoms with E-state index in [1.807, 2.05) is 0 Å². The quantitative estimate of drug-likeness (QED) is 0.745. The third kappa shape index (κ3) is 3.52. The van der Waals surface area contributed by atoms with Crippen molar-refractivity contribution in [1.82, 2.24) is 0 Å². The molecule has 2 aromatic carbocycles. The van der Waals surface area contributed by atoms with E-state index in [0.29, 0.717) is 5.56 Å². The largest absolute Gasteiger partial charge is 0.476 e. The second kappa shape index (κ2) is 6.07. The Kier molecular flexibility index (Phi) is 4.33. The zero-order chi connectivity index (χ0) is 18.4. The zero-order valence-corrected chi connectivity index (χ0v) is 14.4. The smallest absolute Gasteiger partial charge is 0.429 e. The molecule has 0 N–H and O–H groups in total. The van der Waals surface area contributed by atoms with Crippen LogP contribution >= 0.6 is 11.6 Å². The van der Waals surface area contributed by atoms with Gasteiger partial charge in [0.15, 0.2) is 9.84 Å². The van der Waals surface area contributed by atoms with Gasteiger partial charge in [0, 0.05) is 28.0 Å². The Morgan fingerprint density at radius 2 is 1.80 bits per heavy atom. The maximum absolute atomic E-state index is 13.0. The Morgan fingerprint density at radius 3 is 2.44 bits per heavy atom. The van der Waals surface area contributed by atoms with Crippen molar-refractivity contribution >= 4 is 27.5 Å². The average molecular weight is 389 g/mol. The molecule has 3 rings (SSSR count). The van der Waals surface area contributed by atoms with Gasteiger partial charge < -0.3 is 4.74 Å². The maximum atomic E-state index is 13.0. The predicted octanol–water partition coefficient (Wildman–Crippen LogP) is 4.75. The van der Waals surface area contributed by atoms with Crippen LogP contribution in [0.15, 0.2) is 47.4 Å². The molecule has 0 aliphatic carbocycles. The van der Waals surface area contributed by atoms with Gasteiger partial charge in [0.1, 0.15) is 5.75 Å². The summed E-state index contributed by atoms with van der Waals surface area (Å²) in [7, 11) is -3.60. The molecule has 8 heteroatoms. The van der Waals surface area contributed by atoms with E-state index in [2.05, 4.69) is 0 Å². The van der Waals surface area contributed by atoms with E-state index in [-0.39, 0.29) is 26.8 Å². The highest BCUT2D eigenvalue weighted by molar-refractivity contribution is 7.90. The average Bonchev–Trinajstić information content (AvgIpc) is 2.52. The first-order valence-electron chi connectivity index (χ1n) is 7.12. The first-order valence-corrected chi connectivity index (χ1v) is 9.39. The number of alkyl halides is 3. The normalized spacial score (nSPS) is 17.1. The van der Waals surface area contributed by atoms with Gasteiger partial charge in [0.2, 0.25) is 6.10 Å². The molecule has 1 heterocycles. The molecular weight excluding hydrogens is 377 g/mol. The number of ether oxygens (including phenoxy) is 1. The van der Waals surface area contributed by atoms with Crippen LogP contribution in [0, 0.1) is 0 Å². The van der Waals surface area contributed by atoms with Crippen LogP contribution in [0.5, 0.6) is 5.75 Å². The Labute approximate surface area is 147 Å². The van der Waals surface area contributed by atoms with Crippen LogP contribution in [0.25, 0.3) is 17.2 Å². The van der Waals surface area contributed by atoms with Crippen molar-refractivity contribution in [3.63, 3.8) is 0 Å². The summed E-state index contributed by atoms with van der Waals surface area (Å²) in [6.45, 7) is 0. The number of sulfone groups is 1. The number of hydrogen-bond donors (Lipinski definition) is 0. The molecule has 0 bridgehead atoms. The van der Waals surface area contributed by atoms with Crippen LogP contribution in [-0.4, -0.2) is 27.0 Å². The van der Waals surface area contributed by atoms with Crippen molar-refractivity contribution in [2.75, 3.05) is 6.26 Å². The van der Waals surface area contributed by atoms with Gasteiger partial charge in [-0.3, -0.25) is 0 Å². The van der Waals surface area contributed by atoms with Gasteiger partial charge in [0.05, 0.1) is 4.90 Å². The third-order valence-electron chi connectivity index (χ3n) is 3.68. The Balaban J connectivity index is 2.25. The molecule has 1 atom stereocenters. The van der Waals surface area contributed by atoms with Gasteiger partial charge in [-0.1, -0.05) is 35.9 Å². The second-order valence-corrected chi connectivity index (χ2v) is 8.00. The van der Waals surface area contributed by atoms with Crippen LogP contribution in [0.4, 0.5) is 13.2 Å². The molecular formula is C17H12ClF3O3S. The van der Waals surface area contributed by atoms with E-state index in [1.165, 1.54) is 36.4 Å². The number of fused-ring (bicyclic) bond motifs is 1. The number of hydrogen-bond acceptors (Lipinski definition) is 3. The highest BCUT2D eigenvalue weighted by Crippen LogP contribution is 2.43. The minimum Gasteiger partial charge on any atom is -0.476 e. The fourth-order valence-electron chi connectivity index (χ4n) is 2.62. The van der Waals surface area contributed by atoms with Gasteiger partial charge in [-0.25, -0.2) is 8.42 Å². The highest BCUT2D eigenvalue weighted by atomic mass is 35.5. The summed E-state index contributed by atoms with van der Waals surface area (Å²) in [5.74, 6) is -0.0506. The van der Waals surface area contributed by atoms with Gasteiger partial charge in [-0.15, -0.1) is 0 Å². The van der Waals surface area contributed by atoms with Crippen LogP contribution in [0.3, 0.4) is 0 Å². The van der Waals surface area contributed by atoms with E-state index in [4.69, 9.17) is 16.3 Å². The van der Waals surface area contributed by atoms with Crippen molar-refractivity contribution < 1.29 is 26.3 Å². The lowest BCUT2D eigenvalue weighted by atomic mass is 9.99.